The zero-order valence-corrected chi connectivity index (χ0v) is 25.5. The normalized spacial score (nSPS) is 15.2. The average Bonchev–Trinajstić information content (AvgIpc) is 3.58. The van der Waals surface area contributed by atoms with Gasteiger partial charge in [0.25, 0.3) is 0 Å². The molecule has 0 bridgehead atoms. The molecule has 9 rings (SSSR count). The number of para-hydroxylation sites is 1. The van der Waals surface area contributed by atoms with Gasteiger partial charge >= 0.3 is 0 Å². The molecule has 0 atom stereocenters. The molecular formula is C43H33NO. The van der Waals surface area contributed by atoms with Crippen LogP contribution in [-0.4, -0.2) is 0 Å². The van der Waals surface area contributed by atoms with Crippen LogP contribution in [0.2, 0.25) is 0 Å². The summed E-state index contributed by atoms with van der Waals surface area (Å²) >= 11 is 0. The number of hydrogen-bond acceptors (Lipinski definition) is 2. The lowest BCUT2D eigenvalue weighted by atomic mass is 9.82. The molecule has 1 aromatic heterocycles. The smallest absolute Gasteiger partial charge is 0.138 e. The van der Waals surface area contributed by atoms with E-state index in [1.54, 1.807) is 0 Å². The SMILES string of the molecule is CC1(C)c2ccccc2-c2cc(N(C3=CC=C(c4ccccc4)CC3)c3cc4oc5ccccc5c4c4ccccc34)ccc21. The van der Waals surface area contributed by atoms with Crippen LogP contribution in [0.4, 0.5) is 11.4 Å². The molecule has 7 aromatic rings. The van der Waals surface area contributed by atoms with E-state index in [-0.39, 0.29) is 5.41 Å². The third kappa shape index (κ3) is 3.95. The topological polar surface area (TPSA) is 16.4 Å². The van der Waals surface area contributed by atoms with E-state index in [0.717, 1.165) is 35.1 Å². The summed E-state index contributed by atoms with van der Waals surface area (Å²) in [4.78, 5) is 2.49. The van der Waals surface area contributed by atoms with E-state index in [4.69, 9.17) is 4.42 Å². The summed E-state index contributed by atoms with van der Waals surface area (Å²) in [5.41, 5.74) is 13.5. The standard InChI is InChI=1S/C43H33NO/c1-43(2)37-18-10-8-14-32(37)36-26-31(24-25-38(36)43)44(30-22-20-29(21-23-30)28-12-4-3-5-13-28)39-27-41-42(34-16-7-6-15-33(34)39)35-17-9-11-19-40(35)45-41/h3-20,22,24-27H,21,23H2,1-2H3. The van der Waals surface area contributed by atoms with E-state index < -0.39 is 0 Å². The number of fused-ring (bicyclic) bond motifs is 8. The van der Waals surface area contributed by atoms with Gasteiger partial charge < -0.3 is 9.32 Å². The maximum absolute atomic E-state index is 6.54. The van der Waals surface area contributed by atoms with Gasteiger partial charge in [-0.1, -0.05) is 123 Å². The first-order valence-corrected chi connectivity index (χ1v) is 15.9. The molecule has 6 aromatic carbocycles. The first kappa shape index (κ1) is 26.1. The number of allylic oxidation sites excluding steroid dienone is 4. The molecule has 0 spiro atoms. The molecule has 2 aliphatic carbocycles. The van der Waals surface area contributed by atoms with Crippen molar-refractivity contribution in [1.82, 2.24) is 0 Å². The van der Waals surface area contributed by atoms with Crippen molar-refractivity contribution < 1.29 is 4.42 Å². The largest absolute Gasteiger partial charge is 0.456 e. The van der Waals surface area contributed by atoms with E-state index in [1.807, 2.05) is 6.07 Å². The van der Waals surface area contributed by atoms with Crippen LogP contribution < -0.4 is 4.90 Å². The number of nitrogens with zero attached hydrogens (tertiary/aromatic N) is 1. The predicted molar refractivity (Wildman–Crippen MR) is 189 cm³/mol. The van der Waals surface area contributed by atoms with E-state index >= 15 is 0 Å². The second kappa shape index (κ2) is 9.84. The highest BCUT2D eigenvalue weighted by molar-refractivity contribution is 6.22. The molecule has 0 fully saturated rings. The number of furan rings is 1. The molecular weight excluding hydrogens is 546 g/mol. The Kier molecular flexibility index (Phi) is 5.70. The Bertz CT molecular complexity index is 2350. The van der Waals surface area contributed by atoms with Gasteiger partial charge in [0.2, 0.25) is 0 Å². The highest BCUT2D eigenvalue weighted by atomic mass is 16.3. The van der Waals surface area contributed by atoms with Gasteiger partial charge in [-0.05, 0) is 75.9 Å². The quantitative estimate of drug-likeness (QED) is 0.206. The monoisotopic (exact) mass is 579 g/mol. The van der Waals surface area contributed by atoms with Crippen molar-refractivity contribution in [3.8, 4) is 11.1 Å². The molecule has 0 aliphatic heterocycles. The molecule has 2 aliphatic rings. The van der Waals surface area contributed by atoms with E-state index in [9.17, 15) is 0 Å². The summed E-state index contributed by atoms with van der Waals surface area (Å²) in [6.07, 6.45) is 6.56. The second-order valence-corrected chi connectivity index (χ2v) is 12.9. The Labute approximate surface area is 263 Å². The van der Waals surface area contributed by atoms with Crippen molar-refractivity contribution >= 4 is 49.7 Å². The summed E-state index contributed by atoms with van der Waals surface area (Å²) in [5, 5.41) is 4.77. The van der Waals surface area contributed by atoms with Crippen LogP contribution in [0.1, 0.15) is 43.4 Å². The number of hydrogen-bond donors (Lipinski definition) is 0. The molecule has 0 saturated heterocycles. The van der Waals surface area contributed by atoms with E-state index in [0.29, 0.717) is 0 Å². The average molecular weight is 580 g/mol. The third-order valence-electron chi connectivity index (χ3n) is 9.99. The Morgan fingerprint density at radius 2 is 1.29 bits per heavy atom. The van der Waals surface area contributed by atoms with Crippen LogP contribution in [0, 0.1) is 0 Å². The molecule has 2 heteroatoms. The van der Waals surface area contributed by atoms with Crippen LogP contribution in [0.5, 0.6) is 0 Å². The molecule has 216 valence electrons. The van der Waals surface area contributed by atoms with Crippen molar-refractivity contribution in [3.05, 3.63) is 162 Å². The summed E-state index contributed by atoms with van der Waals surface area (Å²) in [7, 11) is 0. The van der Waals surface area contributed by atoms with Gasteiger partial charge in [0.15, 0.2) is 0 Å². The fourth-order valence-corrected chi connectivity index (χ4v) is 7.77. The minimum absolute atomic E-state index is 0.0351. The number of benzene rings is 6. The van der Waals surface area contributed by atoms with Gasteiger partial charge in [-0.3, -0.25) is 0 Å². The molecule has 0 saturated carbocycles. The Hall–Kier alpha value is -5.34. The van der Waals surface area contributed by atoms with Crippen molar-refractivity contribution in [2.45, 2.75) is 32.1 Å². The van der Waals surface area contributed by atoms with E-state index in [2.05, 4.69) is 152 Å². The molecule has 45 heavy (non-hydrogen) atoms. The minimum atomic E-state index is -0.0351. The van der Waals surface area contributed by atoms with Crippen molar-refractivity contribution in [3.63, 3.8) is 0 Å². The van der Waals surface area contributed by atoms with Crippen molar-refractivity contribution in [2.75, 3.05) is 4.90 Å². The van der Waals surface area contributed by atoms with Crippen LogP contribution >= 0.6 is 0 Å². The predicted octanol–water partition coefficient (Wildman–Crippen LogP) is 11.9. The van der Waals surface area contributed by atoms with E-state index in [1.165, 1.54) is 60.9 Å². The van der Waals surface area contributed by atoms with Crippen LogP contribution in [0.15, 0.2) is 150 Å². The van der Waals surface area contributed by atoms with Gasteiger partial charge in [0.05, 0.1) is 5.69 Å². The molecule has 0 unspecified atom stereocenters. The molecule has 2 nitrogen and oxygen atoms in total. The maximum Gasteiger partial charge on any atom is 0.138 e. The van der Waals surface area contributed by atoms with Gasteiger partial charge in [-0.15, -0.1) is 0 Å². The fourth-order valence-electron chi connectivity index (χ4n) is 7.77. The van der Waals surface area contributed by atoms with Crippen LogP contribution in [-0.2, 0) is 5.41 Å². The van der Waals surface area contributed by atoms with Gasteiger partial charge in [-0.2, -0.15) is 0 Å². The lowest BCUT2D eigenvalue weighted by Crippen LogP contribution is -2.19. The van der Waals surface area contributed by atoms with Gasteiger partial charge in [0, 0.05) is 39.0 Å². The van der Waals surface area contributed by atoms with Crippen LogP contribution in [0.3, 0.4) is 0 Å². The molecule has 0 amide bonds. The second-order valence-electron chi connectivity index (χ2n) is 12.9. The van der Waals surface area contributed by atoms with Crippen LogP contribution in [0.25, 0.3) is 49.4 Å². The lowest BCUT2D eigenvalue weighted by Gasteiger charge is -2.32. The third-order valence-corrected chi connectivity index (χ3v) is 9.99. The summed E-state index contributed by atoms with van der Waals surface area (Å²) in [6.45, 7) is 4.69. The fraction of sp³-hybridized carbons (Fsp3) is 0.116. The number of anilines is 2. The molecule has 0 radical (unpaired) electrons. The Morgan fingerprint density at radius 3 is 2.11 bits per heavy atom. The zero-order valence-electron chi connectivity index (χ0n) is 25.5. The zero-order chi connectivity index (χ0) is 30.1. The summed E-state index contributed by atoms with van der Waals surface area (Å²) in [6, 6.07) is 46.2. The Morgan fingerprint density at radius 1 is 0.578 bits per heavy atom. The molecule has 0 N–H and O–H groups in total. The Balaban J connectivity index is 1.30. The highest BCUT2D eigenvalue weighted by Gasteiger charge is 2.36. The lowest BCUT2D eigenvalue weighted by molar-refractivity contribution is 0.660. The number of rotatable bonds is 4. The van der Waals surface area contributed by atoms with Crippen molar-refractivity contribution in [1.29, 1.82) is 0 Å². The van der Waals surface area contributed by atoms with Gasteiger partial charge in [0.1, 0.15) is 11.2 Å². The summed E-state index contributed by atoms with van der Waals surface area (Å²) < 4.78 is 6.54. The van der Waals surface area contributed by atoms with Crippen molar-refractivity contribution in [2.24, 2.45) is 0 Å². The first-order chi connectivity index (χ1) is 22.1. The minimum Gasteiger partial charge on any atom is -0.456 e. The van der Waals surface area contributed by atoms with Gasteiger partial charge in [-0.25, -0.2) is 0 Å². The first-order valence-electron chi connectivity index (χ1n) is 15.9. The molecule has 1 heterocycles. The maximum atomic E-state index is 6.54. The highest BCUT2D eigenvalue weighted by Crippen LogP contribution is 2.51. The summed E-state index contributed by atoms with van der Waals surface area (Å²) in [5.74, 6) is 0.